The number of hydrogen-bond acceptors (Lipinski definition) is 5. The fraction of sp³-hybridized carbons (Fsp3) is 0.190. The van der Waals surface area contributed by atoms with Gasteiger partial charge in [0.25, 0.3) is 11.8 Å². The van der Waals surface area contributed by atoms with E-state index < -0.39 is 12.0 Å². The van der Waals surface area contributed by atoms with Crippen molar-refractivity contribution in [2.24, 2.45) is 0 Å². The Labute approximate surface area is 161 Å². The van der Waals surface area contributed by atoms with Crippen LogP contribution in [0.1, 0.15) is 23.0 Å². The first-order valence-electron chi connectivity index (χ1n) is 8.86. The predicted molar refractivity (Wildman–Crippen MR) is 105 cm³/mol. The highest BCUT2D eigenvalue weighted by Gasteiger charge is 2.29. The molecule has 0 fully saturated rings. The summed E-state index contributed by atoms with van der Waals surface area (Å²) in [6, 6.07) is 14.5. The van der Waals surface area contributed by atoms with Gasteiger partial charge in [-0.1, -0.05) is 35.0 Å². The summed E-state index contributed by atoms with van der Waals surface area (Å²) in [6.45, 7) is 3.70. The molecule has 0 radical (unpaired) electrons. The molecule has 0 aliphatic carbocycles. The number of nitrogens with one attached hydrogen (secondary N) is 1. The second-order valence-corrected chi connectivity index (χ2v) is 6.74. The predicted octanol–water partition coefficient (Wildman–Crippen LogP) is 3.65. The highest BCUT2D eigenvalue weighted by Crippen LogP contribution is 2.35. The summed E-state index contributed by atoms with van der Waals surface area (Å²) in [5, 5.41) is 6.63. The summed E-state index contributed by atoms with van der Waals surface area (Å²) in [5.41, 5.74) is 3.28. The summed E-state index contributed by atoms with van der Waals surface area (Å²) in [5.74, 6) is 0.565. The zero-order valence-corrected chi connectivity index (χ0v) is 15.7. The molecule has 1 aliphatic heterocycles. The fourth-order valence-electron chi connectivity index (χ4n) is 3.02. The Hall–Kier alpha value is -3.61. The number of carbonyl (C=O) groups excluding carboxylic acids is 2. The number of rotatable bonds is 3. The number of carbonyl (C=O) groups is 2. The number of nitrogens with zero attached hydrogens (tertiary/aromatic N) is 2. The van der Waals surface area contributed by atoms with E-state index in [2.05, 4.69) is 10.5 Å². The van der Waals surface area contributed by atoms with E-state index in [9.17, 15) is 9.59 Å². The van der Waals surface area contributed by atoms with Crippen LogP contribution in [-0.4, -0.2) is 30.1 Å². The molecule has 4 rings (SSSR count). The maximum absolute atomic E-state index is 12.5. The van der Waals surface area contributed by atoms with Gasteiger partial charge in [0, 0.05) is 24.4 Å². The van der Waals surface area contributed by atoms with Gasteiger partial charge in [-0.25, -0.2) is 0 Å². The van der Waals surface area contributed by atoms with E-state index in [0.29, 0.717) is 22.9 Å². The Kier molecular flexibility index (Phi) is 4.35. The highest BCUT2D eigenvalue weighted by atomic mass is 16.5. The van der Waals surface area contributed by atoms with Gasteiger partial charge in [-0.2, -0.15) is 0 Å². The van der Waals surface area contributed by atoms with Crippen LogP contribution in [0.4, 0.5) is 11.4 Å². The maximum atomic E-state index is 12.5. The summed E-state index contributed by atoms with van der Waals surface area (Å²) in [7, 11) is 1.68. The quantitative estimate of drug-likeness (QED) is 0.753. The Bertz CT molecular complexity index is 1060. The Morgan fingerprint density at radius 2 is 1.89 bits per heavy atom. The number of benzene rings is 2. The molecule has 0 unspecified atom stereocenters. The molecule has 7 heteroatoms. The van der Waals surface area contributed by atoms with E-state index in [1.54, 1.807) is 38.2 Å². The van der Waals surface area contributed by atoms with E-state index >= 15 is 0 Å². The average molecular weight is 377 g/mol. The first kappa shape index (κ1) is 17.8. The zero-order valence-electron chi connectivity index (χ0n) is 15.7. The molecule has 1 N–H and O–H groups in total. The lowest BCUT2D eigenvalue weighted by Gasteiger charge is -2.30. The molecule has 0 saturated carbocycles. The monoisotopic (exact) mass is 377 g/mol. The standard InChI is InChI=1S/C21H19N3O4/c1-12-4-6-14(7-5-12)19-11-16(23-28-19)20(25)22-15-8-9-18-17(10-15)24(3)21(26)13(2)27-18/h4-11,13H,1-3H3,(H,22,25)/t13-/m1/s1. The Morgan fingerprint density at radius 3 is 2.64 bits per heavy atom. The number of aryl methyl sites for hydroxylation is 1. The van der Waals surface area contributed by atoms with Crippen molar-refractivity contribution in [2.45, 2.75) is 20.0 Å². The van der Waals surface area contributed by atoms with E-state index in [4.69, 9.17) is 9.26 Å². The second-order valence-electron chi connectivity index (χ2n) is 6.74. The molecule has 3 aromatic rings. The lowest BCUT2D eigenvalue weighted by molar-refractivity contribution is -0.125. The van der Waals surface area contributed by atoms with Crippen LogP contribution in [0.3, 0.4) is 0 Å². The van der Waals surface area contributed by atoms with Gasteiger partial charge < -0.3 is 19.5 Å². The molecule has 2 heterocycles. The molecule has 7 nitrogen and oxygen atoms in total. The van der Waals surface area contributed by atoms with Crippen LogP contribution in [0.2, 0.25) is 0 Å². The average Bonchev–Trinajstić information content (AvgIpc) is 3.18. The summed E-state index contributed by atoms with van der Waals surface area (Å²) >= 11 is 0. The molecule has 0 saturated heterocycles. The van der Waals surface area contributed by atoms with Gasteiger partial charge in [0.15, 0.2) is 17.6 Å². The minimum absolute atomic E-state index is 0.143. The van der Waals surface area contributed by atoms with Gasteiger partial charge in [0.05, 0.1) is 5.69 Å². The SMILES string of the molecule is Cc1ccc(-c2cc(C(=O)Nc3ccc4c(c3)N(C)C(=O)[C@@H](C)O4)no2)cc1. The zero-order chi connectivity index (χ0) is 19.8. The number of likely N-dealkylation sites (N-methyl/N-ethyl adjacent to an activating group) is 1. The van der Waals surface area contributed by atoms with Gasteiger partial charge in [-0.3, -0.25) is 9.59 Å². The lowest BCUT2D eigenvalue weighted by atomic mass is 10.1. The van der Waals surface area contributed by atoms with E-state index in [1.807, 2.05) is 31.2 Å². The molecule has 2 amide bonds. The number of aromatic nitrogens is 1. The van der Waals surface area contributed by atoms with Crippen molar-refractivity contribution in [2.75, 3.05) is 17.3 Å². The van der Waals surface area contributed by atoms with Crippen molar-refractivity contribution in [3.8, 4) is 17.1 Å². The number of amides is 2. The van der Waals surface area contributed by atoms with E-state index in [0.717, 1.165) is 11.1 Å². The lowest BCUT2D eigenvalue weighted by Crippen LogP contribution is -2.41. The number of fused-ring (bicyclic) bond motifs is 1. The highest BCUT2D eigenvalue weighted by molar-refractivity contribution is 6.05. The van der Waals surface area contributed by atoms with Gasteiger partial charge in [-0.15, -0.1) is 0 Å². The Morgan fingerprint density at radius 1 is 1.14 bits per heavy atom. The molecule has 28 heavy (non-hydrogen) atoms. The molecule has 0 spiro atoms. The molecule has 1 aromatic heterocycles. The van der Waals surface area contributed by atoms with Crippen molar-refractivity contribution in [1.29, 1.82) is 0 Å². The summed E-state index contributed by atoms with van der Waals surface area (Å²) < 4.78 is 10.9. The van der Waals surface area contributed by atoms with Gasteiger partial charge in [-0.05, 0) is 32.0 Å². The molecule has 1 aliphatic rings. The largest absolute Gasteiger partial charge is 0.479 e. The molecular weight excluding hydrogens is 358 g/mol. The van der Waals surface area contributed by atoms with Crippen LogP contribution in [0.25, 0.3) is 11.3 Å². The van der Waals surface area contributed by atoms with Crippen LogP contribution in [-0.2, 0) is 4.79 Å². The first-order valence-corrected chi connectivity index (χ1v) is 8.86. The second kappa shape index (κ2) is 6.84. The third kappa shape index (κ3) is 3.22. The fourth-order valence-corrected chi connectivity index (χ4v) is 3.02. The van der Waals surface area contributed by atoms with Crippen molar-refractivity contribution in [3.63, 3.8) is 0 Å². The van der Waals surface area contributed by atoms with Gasteiger partial charge in [0.2, 0.25) is 0 Å². The summed E-state index contributed by atoms with van der Waals surface area (Å²) in [6.07, 6.45) is -0.534. The van der Waals surface area contributed by atoms with Crippen molar-refractivity contribution in [3.05, 3.63) is 59.8 Å². The minimum Gasteiger partial charge on any atom is -0.479 e. The normalized spacial score (nSPS) is 15.8. The van der Waals surface area contributed by atoms with Gasteiger partial charge >= 0.3 is 0 Å². The van der Waals surface area contributed by atoms with Crippen LogP contribution < -0.4 is 15.0 Å². The Balaban J connectivity index is 1.53. The van der Waals surface area contributed by atoms with Crippen molar-refractivity contribution in [1.82, 2.24) is 5.16 Å². The molecule has 0 bridgehead atoms. The minimum atomic E-state index is -0.534. The molecule has 142 valence electrons. The number of anilines is 2. The van der Waals surface area contributed by atoms with Crippen LogP contribution in [0.5, 0.6) is 5.75 Å². The van der Waals surface area contributed by atoms with Crippen molar-refractivity contribution >= 4 is 23.2 Å². The summed E-state index contributed by atoms with van der Waals surface area (Å²) in [4.78, 5) is 26.1. The topological polar surface area (TPSA) is 84.7 Å². The molecule has 1 atom stereocenters. The van der Waals surface area contributed by atoms with Gasteiger partial charge in [0.1, 0.15) is 5.75 Å². The third-order valence-electron chi connectivity index (χ3n) is 4.64. The first-order chi connectivity index (χ1) is 13.4. The molecule has 2 aromatic carbocycles. The van der Waals surface area contributed by atoms with Crippen LogP contribution >= 0.6 is 0 Å². The van der Waals surface area contributed by atoms with E-state index in [1.165, 1.54) is 4.90 Å². The van der Waals surface area contributed by atoms with E-state index in [-0.39, 0.29) is 11.6 Å². The number of ether oxygens (including phenoxy) is 1. The maximum Gasteiger partial charge on any atom is 0.277 e. The smallest absolute Gasteiger partial charge is 0.277 e. The van der Waals surface area contributed by atoms with Crippen molar-refractivity contribution < 1.29 is 18.8 Å². The van der Waals surface area contributed by atoms with Crippen LogP contribution in [0.15, 0.2) is 53.1 Å². The number of hydrogen-bond donors (Lipinski definition) is 1. The third-order valence-corrected chi connectivity index (χ3v) is 4.64. The van der Waals surface area contributed by atoms with Crippen LogP contribution in [0, 0.1) is 6.92 Å². The molecular formula is C21H19N3O4.